The lowest BCUT2D eigenvalue weighted by Crippen LogP contribution is -2.22. The molecule has 0 spiro atoms. The number of primary amides is 1. The molecule has 0 atom stereocenters. The highest BCUT2D eigenvalue weighted by molar-refractivity contribution is 5.95. The highest BCUT2D eigenvalue weighted by atomic mass is 16.2. The van der Waals surface area contributed by atoms with Gasteiger partial charge in [-0.2, -0.15) is 0 Å². The molecule has 0 saturated carbocycles. The van der Waals surface area contributed by atoms with Crippen LogP contribution in [0, 0.1) is 6.92 Å². The fraction of sp³-hybridized carbons (Fsp3) is 0.125. The third kappa shape index (κ3) is 4.07. The van der Waals surface area contributed by atoms with E-state index in [0.29, 0.717) is 11.3 Å². The van der Waals surface area contributed by atoms with Crippen LogP contribution in [0.5, 0.6) is 0 Å². The SMILES string of the molecule is Cc1ccccc1NC(=O)CNc1cccc(C(N)=O)c1. The van der Waals surface area contributed by atoms with E-state index in [9.17, 15) is 9.59 Å². The van der Waals surface area contributed by atoms with Gasteiger partial charge in [-0.05, 0) is 36.8 Å². The molecule has 0 heterocycles. The minimum Gasteiger partial charge on any atom is -0.376 e. The van der Waals surface area contributed by atoms with E-state index >= 15 is 0 Å². The quantitative estimate of drug-likeness (QED) is 0.786. The second kappa shape index (κ2) is 6.56. The van der Waals surface area contributed by atoms with Gasteiger partial charge in [0.1, 0.15) is 0 Å². The molecule has 2 aromatic rings. The van der Waals surface area contributed by atoms with Crippen LogP contribution in [0.25, 0.3) is 0 Å². The van der Waals surface area contributed by atoms with Crippen LogP contribution in [-0.2, 0) is 4.79 Å². The molecule has 108 valence electrons. The topological polar surface area (TPSA) is 84.2 Å². The van der Waals surface area contributed by atoms with Gasteiger partial charge in [0, 0.05) is 16.9 Å². The number of carbonyl (C=O) groups excluding carboxylic acids is 2. The maximum atomic E-state index is 11.9. The average Bonchev–Trinajstić information content (AvgIpc) is 2.48. The predicted octanol–water partition coefficient (Wildman–Crippen LogP) is 2.14. The van der Waals surface area contributed by atoms with Crippen LogP contribution in [0.3, 0.4) is 0 Å². The van der Waals surface area contributed by atoms with Crippen LogP contribution in [0.1, 0.15) is 15.9 Å². The maximum absolute atomic E-state index is 11.9. The smallest absolute Gasteiger partial charge is 0.248 e. The summed E-state index contributed by atoms with van der Waals surface area (Å²) in [6, 6.07) is 14.3. The van der Waals surface area contributed by atoms with Crippen LogP contribution in [0.2, 0.25) is 0 Å². The lowest BCUT2D eigenvalue weighted by Gasteiger charge is -2.10. The Kier molecular flexibility index (Phi) is 4.56. The van der Waals surface area contributed by atoms with E-state index in [1.807, 2.05) is 31.2 Å². The molecule has 0 bridgehead atoms. The molecular weight excluding hydrogens is 266 g/mol. The Morgan fingerprint density at radius 3 is 2.57 bits per heavy atom. The molecule has 0 aromatic heterocycles. The van der Waals surface area contributed by atoms with E-state index in [-0.39, 0.29) is 12.5 Å². The number of benzene rings is 2. The molecule has 2 aromatic carbocycles. The Hall–Kier alpha value is -2.82. The van der Waals surface area contributed by atoms with Gasteiger partial charge in [0.05, 0.1) is 6.54 Å². The van der Waals surface area contributed by atoms with E-state index in [0.717, 1.165) is 11.3 Å². The van der Waals surface area contributed by atoms with Crippen LogP contribution in [0.15, 0.2) is 48.5 Å². The number of amides is 2. The summed E-state index contributed by atoms with van der Waals surface area (Å²) in [6.07, 6.45) is 0. The monoisotopic (exact) mass is 283 g/mol. The van der Waals surface area contributed by atoms with Crippen molar-refractivity contribution in [3.63, 3.8) is 0 Å². The summed E-state index contributed by atoms with van der Waals surface area (Å²) in [6.45, 7) is 2.04. The van der Waals surface area contributed by atoms with Gasteiger partial charge in [0.2, 0.25) is 11.8 Å². The van der Waals surface area contributed by atoms with Gasteiger partial charge in [0.15, 0.2) is 0 Å². The average molecular weight is 283 g/mol. The van der Waals surface area contributed by atoms with Gasteiger partial charge in [-0.3, -0.25) is 9.59 Å². The first-order valence-electron chi connectivity index (χ1n) is 6.55. The Balaban J connectivity index is 1.94. The van der Waals surface area contributed by atoms with E-state index < -0.39 is 5.91 Å². The largest absolute Gasteiger partial charge is 0.376 e. The minimum atomic E-state index is -0.497. The van der Waals surface area contributed by atoms with E-state index in [1.165, 1.54) is 0 Å². The van der Waals surface area contributed by atoms with Crippen molar-refractivity contribution in [3.8, 4) is 0 Å². The molecule has 5 heteroatoms. The molecule has 0 aliphatic rings. The molecule has 0 unspecified atom stereocenters. The summed E-state index contributed by atoms with van der Waals surface area (Å²) in [5, 5.41) is 5.78. The lowest BCUT2D eigenvalue weighted by atomic mass is 10.2. The molecule has 5 nitrogen and oxygen atoms in total. The first-order chi connectivity index (χ1) is 10.1. The normalized spacial score (nSPS) is 9.95. The molecule has 4 N–H and O–H groups in total. The number of anilines is 2. The molecule has 0 radical (unpaired) electrons. The van der Waals surface area contributed by atoms with Crippen molar-refractivity contribution in [2.24, 2.45) is 5.73 Å². The first kappa shape index (κ1) is 14.6. The number of para-hydroxylation sites is 1. The fourth-order valence-electron chi connectivity index (χ4n) is 1.87. The Bertz CT molecular complexity index is 668. The maximum Gasteiger partial charge on any atom is 0.248 e. The van der Waals surface area contributed by atoms with E-state index in [2.05, 4.69) is 10.6 Å². The number of nitrogens with two attached hydrogens (primary N) is 1. The summed E-state index contributed by atoms with van der Waals surface area (Å²) >= 11 is 0. The molecular formula is C16H17N3O2. The van der Waals surface area contributed by atoms with Crippen molar-refractivity contribution in [1.29, 1.82) is 0 Å². The summed E-state index contributed by atoms with van der Waals surface area (Å²) in [5.74, 6) is -0.656. The molecule has 0 aliphatic heterocycles. The molecule has 2 rings (SSSR count). The minimum absolute atomic E-state index is 0.108. The van der Waals surface area contributed by atoms with Crippen LogP contribution >= 0.6 is 0 Å². The summed E-state index contributed by atoms with van der Waals surface area (Å²) in [7, 11) is 0. The molecule has 21 heavy (non-hydrogen) atoms. The van der Waals surface area contributed by atoms with Crippen LogP contribution < -0.4 is 16.4 Å². The molecule has 0 saturated heterocycles. The third-order valence-electron chi connectivity index (χ3n) is 3.02. The van der Waals surface area contributed by atoms with Crippen molar-refractivity contribution in [1.82, 2.24) is 0 Å². The Labute approximate surface area is 123 Å². The first-order valence-corrected chi connectivity index (χ1v) is 6.55. The summed E-state index contributed by atoms with van der Waals surface area (Å²) < 4.78 is 0. The zero-order valence-electron chi connectivity index (χ0n) is 11.7. The van der Waals surface area contributed by atoms with Gasteiger partial charge in [0.25, 0.3) is 0 Å². The zero-order chi connectivity index (χ0) is 15.2. The van der Waals surface area contributed by atoms with Gasteiger partial charge in [-0.1, -0.05) is 24.3 Å². The highest BCUT2D eigenvalue weighted by Crippen LogP contribution is 2.13. The van der Waals surface area contributed by atoms with E-state index in [1.54, 1.807) is 24.3 Å². The molecule has 2 amide bonds. The van der Waals surface area contributed by atoms with Crippen molar-refractivity contribution in [2.75, 3.05) is 17.2 Å². The number of carbonyl (C=O) groups is 2. The van der Waals surface area contributed by atoms with Crippen molar-refractivity contribution >= 4 is 23.2 Å². The lowest BCUT2D eigenvalue weighted by molar-refractivity contribution is -0.114. The number of rotatable bonds is 5. The second-order valence-corrected chi connectivity index (χ2v) is 4.66. The van der Waals surface area contributed by atoms with E-state index in [4.69, 9.17) is 5.73 Å². The fourth-order valence-corrected chi connectivity index (χ4v) is 1.87. The second-order valence-electron chi connectivity index (χ2n) is 4.66. The van der Waals surface area contributed by atoms with Crippen molar-refractivity contribution in [2.45, 2.75) is 6.92 Å². The van der Waals surface area contributed by atoms with Gasteiger partial charge >= 0.3 is 0 Å². The molecule has 0 fully saturated rings. The van der Waals surface area contributed by atoms with Gasteiger partial charge < -0.3 is 16.4 Å². The van der Waals surface area contributed by atoms with Gasteiger partial charge in [-0.15, -0.1) is 0 Å². The Morgan fingerprint density at radius 1 is 1.10 bits per heavy atom. The number of aryl methyl sites for hydroxylation is 1. The van der Waals surface area contributed by atoms with Gasteiger partial charge in [-0.25, -0.2) is 0 Å². The van der Waals surface area contributed by atoms with Crippen molar-refractivity contribution in [3.05, 3.63) is 59.7 Å². The Morgan fingerprint density at radius 2 is 1.86 bits per heavy atom. The summed E-state index contributed by atoms with van der Waals surface area (Å²) in [5.41, 5.74) is 8.07. The standard InChI is InChI=1S/C16H17N3O2/c1-11-5-2-3-8-14(11)19-15(20)10-18-13-7-4-6-12(9-13)16(17)21/h2-9,18H,10H2,1H3,(H2,17,21)(H,19,20). The number of nitrogens with one attached hydrogen (secondary N) is 2. The van der Waals surface area contributed by atoms with Crippen LogP contribution in [0.4, 0.5) is 11.4 Å². The zero-order valence-corrected chi connectivity index (χ0v) is 11.7. The summed E-state index contributed by atoms with van der Waals surface area (Å²) in [4.78, 5) is 23.0. The number of hydrogen-bond acceptors (Lipinski definition) is 3. The van der Waals surface area contributed by atoms with Crippen LogP contribution in [-0.4, -0.2) is 18.4 Å². The highest BCUT2D eigenvalue weighted by Gasteiger charge is 2.05. The molecule has 0 aliphatic carbocycles. The predicted molar refractivity (Wildman–Crippen MR) is 83.3 cm³/mol. The van der Waals surface area contributed by atoms with Crippen molar-refractivity contribution < 1.29 is 9.59 Å². The number of hydrogen-bond donors (Lipinski definition) is 3. The third-order valence-corrected chi connectivity index (χ3v) is 3.02.